The molecule has 0 N–H and O–H groups in total. The van der Waals surface area contributed by atoms with Gasteiger partial charge in [-0.2, -0.15) is 18.3 Å². The average molecular weight is 431 g/mol. The molecule has 1 amide bonds. The number of carbonyl (C=O) groups is 1. The second-order valence-corrected chi connectivity index (χ2v) is 7.89. The summed E-state index contributed by atoms with van der Waals surface area (Å²) >= 11 is 0. The van der Waals surface area contributed by atoms with Crippen molar-refractivity contribution >= 4 is 16.9 Å². The van der Waals surface area contributed by atoms with E-state index in [-0.39, 0.29) is 34.9 Å². The summed E-state index contributed by atoms with van der Waals surface area (Å²) in [5.74, 6) is -0.166. The van der Waals surface area contributed by atoms with Gasteiger partial charge in [0.2, 0.25) is 5.91 Å². The molecular weight excluding hydrogens is 407 g/mol. The van der Waals surface area contributed by atoms with Crippen molar-refractivity contribution in [1.29, 1.82) is 0 Å². The van der Waals surface area contributed by atoms with Gasteiger partial charge in [0.15, 0.2) is 5.65 Å². The highest BCUT2D eigenvalue weighted by Gasteiger charge is 2.35. The summed E-state index contributed by atoms with van der Waals surface area (Å²) < 4.78 is 41.8. The lowest BCUT2D eigenvalue weighted by Gasteiger charge is -2.34. The van der Waals surface area contributed by atoms with E-state index in [0.29, 0.717) is 13.1 Å². The van der Waals surface area contributed by atoms with Crippen LogP contribution in [0.15, 0.2) is 36.4 Å². The number of rotatable bonds is 4. The molecule has 2 aromatic heterocycles. The zero-order valence-corrected chi connectivity index (χ0v) is 17.5. The smallest absolute Gasteiger partial charge is 0.339 e. The molecule has 3 heterocycles. The van der Waals surface area contributed by atoms with Gasteiger partial charge in [0.05, 0.1) is 16.6 Å². The number of hydrogen-bond acceptors (Lipinski definition) is 4. The summed E-state index contributed by atoms with van der Waals surface area (Å²) in [6, 6.07) is 11.2. The lowest BCUT2D eigenvalue weighted by molar-refractivity contribution is -0.136. The third-order valence-corrected chi connectivity index (χ3v) is 5.57. The summed E-state index contributed by atoms with van der Waals surface area (Å²) in [5, 5.41) is 4.16. The maximum atomic E-state index is 13.5. The molecule has 4 rings (SSSR count). The monoisotopic (exact) mass is 431 g/mol. The lowest BCUT2D eigenvalue weighted by atomic mass is 10.1. The largest absolute Gasteiger partial charge is 0.417 e. The first-order valence-corrected chi connectivity index (χ1v) is 10.2. The van der Waals surface area contributed by atoms with Crippen molar-refractivity contribution < 1.29 is 18.0 Å². The molecule has 31 heavy (non-hydrogen) atoms. The quantitative estimate of drug-likeness (QED) is 0.635. The summed E-state index contributed by atoms with van der Waals surface area (Å²) in [7, 11) is 0. The minimum absolute atomic E-state index is 0.0430. The van der Waals surface area contributed by atoms with Crippen molar-refractivity contribution in [2.45, 2.75) is 33.1 Å². The highest BCUT2D eigenvalue weighted by Crippen LogP contribution is 2.36. The van der Waals surface area contributed by atoms with Crippen LogP contribution >= 0.6 is 0 Å². The number of amides is 1. The van der Waals surface area contributed by atoms with Gasteiger partial charge >= 0.3 is 6.18 Å². The van der Waals surface area contributed by atoms with Gasteiger partial charge in [0.25, 0.3) is 0 Å². The van der Waals surface area contributed by atoms with Gasteiger partial charge in [-0.15, -0.1) is 0 Å². The number of piperazine rings is 1. The molecular formula is C22H24F3N5O. The topological polar surface area (TPSA) is 54.3 Å². The van der Waals surface area contributed by atoms with Crippen molar-refractivity contribution in [1.82, 2.24) is 24.6 Å². The predicted molar refractivity (Wildman–Crippen MR) is 110 cm³/mol. The molecule has 1 aliphatic rings. The number of pyridine rings is 1. The summed E-state index contributed by atoms with van der Waals surface area (Å²) in [4.78, 5) is 21.1. The molecule has 0 unspecified atom stereocenters. The molecule has 1 aromatic carbocycles. The molecule has 9 heteroatoms. The first kappa shape index (κ1) is 21.3. The van der Waals surface area contributed by atoms with Crippen LogP contribution < -0.4 is 0 Å². The Morgan fingerprint density at radius 3 is 2.39 bits per heavy atom. The average Bonchev–Trinajstić information content (AvgIpc) is 3.03. The fraction of sp³-hybridized carbons (Fsp3) is 0.409. The number of carbonyl (C=O) groups excluding carboxylic acids is 1. The van der Waals surface area contributed by atoms with E-state index in [1.54, 1.807) is 4.90 Å². The highest BCUT2D eigenvalue weighted by atomic mass is 19.4. The van der Waals surface area contributed by atoms with E-state index in [1.165, 1.54) is 24.1 Å². The maximum absolute atomic E-state index is 13.5. The van der Waals surface area contributed by atoms with Gasteiger partial charge in [-0.25, -0.2) is 9.67 Å². The number of alkyl halides is 3. The molecule has 0 atom stereocenters. The van der Waals surface area contributed by atoms with Crippen LogP contribution in [0.4, 0.5) is 13.2 Å². The number of aryl methyl sites for hydroxylation is 2. The third kappa shape index (κ3) is 4.56. The molecule has 0 saturated carbocycles. The van der Waals surface area contributed by atoms with Crippen molar-refractivity contribution in [2.75, 3.05) is 26.2 Å². The van der Waals surface area contributed by atoms with Crippen LogP contribution in [0.2, 0.25) is 0 Å². The van der Waals surface area contributed by atoms with E-state index in [4.69, 9.17) is 0 Å². The van der Waals surface area contributed by atoms with E-state index in [1.807, 2.05) is 18.2 Å². The van der Waals surface area contributed by atoms with Crippen LogP contribution in [0.25, 0.3) is 11.0 Å². The lowest BCUT2D eigenvalue weighted by Crippen LogP contribution is -2.49. The standard InChI is InChI=1S/C22H24F3N5O/c1-15-12-18(22(23,24)25)20-16(2)27-30(21(20)26-15)14-19(31)29-10-8-28(9-11-29)13-17-6-4-3-5-7-17/h3-7,12H,8-11,13-14H2,1-2H3. The Hall–Kier alpha value is -2.94. The van der Waals surface area contributed by atoms with E-state index in [2.05, 4.69) is 27.1 Å². The number of benzene rings is 1. The fourth-order valence-electron chi connectivity index (χ4n) is 4.04. The van der Waals surface area contributed by atoms with Crippen LogP contribution in [-0.2, 0) is 24.1 Å². The van der Waals surface area contributed by atoms with Gasteiger partial charge < -0.3 is 4.90 Å². The first-order chi connectivity index (χ1) is 14.7. The van der Waals surface area contributed by atoms with Crippen LogP contribution in [0, 0.1) is 13.8 Å². The maximum Gasteiger partial charge on any atom is 0.417 e. The van der Waals surface area contributed by atoms with Crippen molar-refractivity contribution in [3.8, 4) is 0 Å². The Morgan fingerprint density at radius 2 is 1.74 bits per heavy atom. The van der Waals surface area contributed by atoms with Crippen molar-refractivity contribution in [3.63, 3.8) is 0 Å². The van der Waals surface area contributed by atoms with Crippen molar-refractivity contribution in [2.24, 2.45) is 0 Å². The Bertz CT molecular complexity index is 1090. The normalized spacial score (nSPS) is 15.6. The van der Waals surface area contributed by atoms with Gasteiger partial charge in [-0.3, -0.25) is 9.69 Å². The number of aromatic nitrogens is 3. The minimum Gasteiger partial charge on any atom is -0.339 e. The Kier molecular flexibility index (Phi) is 5.70. The SMILES string of the molecule is Cc1cc(C(F)(F)F)c2c(C)nn(CC(=O)N3CCN(Cc4ccccc4)CC3)c2n1. The van der Waals surface area contributed by atoms with E-state index >= 15 is 0 Å². The molecule has 1 aliphatic heterocycles. The third-order valence-electron chi connectivity index (χ3n) is 5.57. The molecule has 0 spiro atoms. The second kappa shape index (κ2) is 8.30. The van der Waals surface area contributed by atoms with Crippen molar-refractivity contribution in [3.05, 3.63) is 58.9 Å². The molecule has 164 valence electrons. The summed E-state index contributed by atoms with van der Waals surface area (Å²) in [6.45, 7) is 6.36. The molecule has 0 bridgehead atoms. The number of nitrogens with zero attached hydrogens (tertiary/aromatic N) is 5. The Labute approximate surface area is 178 Å². The zero-order valence-electron chi connectivity index (χ0n) is 17.5. The predicted octanol–water partition coefficient (Wildman–Crippen LogP) is 3.41. The van der Waals surface area contributed by atoms with Crippen LogP contribution in [0.1, 0.15) is 22.5 Å². The van der Waals surface area contributed by atoms with Crippen LogP contribution in [0.3, 0.4) is 0 Å². The molecule has 1 fully saturated rings. The van der Waals surface area contributed by atoms with Gasteiger partial charge in [0, 0.05) is 38.4 Å². The highest BCUT2D eigenvalue weighted by molar-refractivity contribution is 5.85. The molecule has 0 aliphatic carbocycles. The molecule has 0 radical (unpaired) electrons. The van der Waals surface area contributed by atoms with Gasteiger partial charge in [-0.05, 0) is 25.5 Å². The second-order valence-electron chi connectivity index (χ2n) is 7.89. The number of halogens is 3. The van der Waals surface area contributed by atoms with E-state index in [0.717, 1.165) is 25.7 Å². The van der Waals surface area contributed by atoms with Gasteiger partial charge in [-0.1, -0.05) is 30.3 Å². The first-order valence-electron chi connectivity index (χ1n) is 10.2. The van der Waals surface area contributed by atoms with Crippen LogP contribution in [-0.4, -0.2) is 56.7 Å². The van der Waals surface area contributed by atoms with E-state index in [9.17, 15) is 18.0 Å². The summed E-state index contributed by atoms with van der Waals surface area (Å²) in [6.07, 6.45) is -4.51. The molecule has 6 nitrogen and oxygen atoms in total. The zero-order chi connectivity index (χ0) is 22.2. The van der Waals surface area contributed by atoms with Gasteiger partial charge in [0.1, 0.15) is 6.54 Å². The van der Waals surface area contributed by atoms with Crippen LogP contribution in [0.5, 0.6) is 0 Å². The molecule has 3 aromatic rings. The molecule has 1 saturated heterocycles. The number of fused-ring (bicyclic) bond motifs is 1. The Morgan fingerprint density at radius 1 is 1.06 bits per heavy atom. The number of hydrogen-bond donors (Lipinski definition) is 0. The minimum atomic E-state index is -4.51. The Balaban J connectivity index is 1.46. The fourth-order valence-corrected chi connectivity index (χ4v) is 4.04. The van der Waals surface area contributed by atoms with E-state index < -0.39 is 11.7 Å². The summed E-state index contributed by atoms with van der Waals surface area (Å²) in [5.41, 5.74) is 1.02.